The van der Waals surface area contributed by atoms with Crippen LogP contribution in [0.3, 0.4) is 0 Å². The molecule has 1 aromatic rings. The highest BCUT2D eigenvalue weighted by molar-refractivity contribution is 5.88. The van der Waals surface area contributed by atoms with Gasteiger partial charge in [-0.15, -0.1) is 0 Å². The highest BCUT2D eigenvalue weighted by Gasteiger charge is 2.23. The molecule has 0 radical (unpaired) electrons. The summed E-state index contributed by atoms with van der Waals surface area (Å²) in [4.78, 5) is 23.4. The quantitative estimate of drug-likeness (QED) is 0.860. The van der Waals surface area contributed by atoms with Crippen LogP contribution in [0.5, 0.6) is 0 Å². The molecule has 1 atom stereocenters. The summed E-state index contributed by atoms with van der Waals surface area (Å²) in [5.41, 5.74) is 0.263. The molecule has 0 aliphatic heterocycles. The molecule has 2 N–H and O–H groups in total. The fourth-order valence-corrected chi connectivity index (χ4v) is 1.66. The van der Waals surface area contributed by atoms with E-state index in [0.29, 0.717) is 6.42 Å². The summed E-state index contributed by atoms with van der Waals surface area (Å²) in [6.45, 7) is 4.61. The normalized spacial score (nSPS) is 12.6. The van der Waals surface area contributed by atoms with Gasteiger partial charge in [-0.25, -0.2) is 4.79 Å². The standard InChI is InChI=1S/C15H21NO4/c1-15(2,3)20-14(19)16-12(13(18)10-17)9-11-7-5-4-6-8-11/h4-8,12,17H,9-10H2,1-3H3,(H,16,19)/t12-/m1/s1. The third kappa shape index (κ3) is 5.84. The van der Waals surface area contributed by atoms with Crippen LogP contribution in [0.15, 0.2) is 30.3 Å². The number of alkyl carbamates (subject to hydrolysis) is 1. The molecule has 0 aliphatic rings. The number of carbonyl (C=O) groups is 2. The van der Waals surface area contributed by atoms with Crippen LogP contribution < -0.4 is 5.32 Å². The first-order valence-corrected chi connectivity index (χ1v) is 6.49. The molecule has 1 amide bonds. The second-order valence-corrected chi connectivity index (χ2v) is 5.51. The largest absolute Gasteiger partial charge is 0.444 e. The molecule has 1 aromatic carbocycles. The van der Waals surface area contributed by atoms with Crippen molar-refractivity contribution in [2.45, 2.75) is 38.8 Å². The Balaban J connectivity index is 2.70. The van der Waals surface area contributed by atoms with Crippen molar-refractivity contribution in [3.05, 3.63) is 35.9 Å². The summed E-state index contributed by atoms with van der Waals surface area (Å²) in [5.74, 6) is -0.445. The van der Waals surface area contributed by atoms with Crippen LogP contribution in [-0.2, 0) is 16.0 Å². The van der Waals surface area contributed by atoms with Crippen LogP contribution >= 0.6 is 0 Å². The predicted molar refractivity (Wildman–Crippen MR) is 75.4 cm³/mol. The van der Waals surface area contributed by atoms with Crippen molar-refractivity contribution >= 4 is 11.9 Å². The van der Waals surface area contributed by atoms with Crippen LogP contribution in [0.4, 0.5) is 4.79 Å². The number of aliphatic hydroxyl groups excluding tert-OH is 1. The number of hydrogen-bond acceptors (Lipinski definition) is 4. The van der Waals surface area contributed by atoms with Gasteiger partial charge < -0.3 is 15.2 Å². The monoisotopic (exact) mass is 279 g/mol. The minimum Gasteiger partial charge on any atom is -0.444 e. The molecule has 0 aromatic heterocycles. The van der Waals surface area contributed by atoms with E-state index in [4.69, 9.17) is 9.84 Å². The maximum atomic E-state index is 11.7. The number of ether oxygens (including phenoxy) is 1. The Morgan fingerprint density at radius 1 is 1.25 bits per heavy atom. The van der Waals surface area contributed by atoms with E-state index in [1.165, 1.54) is 0 Å². The van der Waals surface area contributed by atoms with Gasteiger partial charge in [0.2, 0.25) is 0 Å². The van der Waals surface area contributed by atoms with Crippen LogP contribution in [0, 0.1) is 0 Å². The first-order valence-electron chi connectivity index (χ1n) is 6.49. The molecule has 0 saturated heterocycles. The third-order valence-electron chi connectivity index (χ3n) is 2.52. The molecule has 110 valence electrons. The molecule has 5 heteroatoms. The van der Waals surface area contributed by atoms with Gasteiger partial charge in [0.25, 0.3) is 0 Å². The van der Waals surface area contributed by atoms with Gasteiger partial charge in [0.15, 0.2) is 5.78 Å². The Labute approximate surface area is 118 Å². The molecule has 0 heterocycles. The second-order valence-electron chi connectivity index (χ2n) is 5.51. The molecule has 5 nitrogen and oxygen atoms in total. The Bertz CT molecular complexity index is 451. The number of ketones is 1. The van der Waals surface area contributed by atoms with Crippen LogP contribution in [-0.4, -0.2) is 35.2 Å². The van der Waals surface area contributed by atoms with Crippen molar-refractivity contribution in [1.29, 1.82) is 0 Å². The number of aliphatic hydroxyl groups is 1. The van der Waals surface area contributed by atoms with Crippen molar-refractivity contribution in [2.75, 3.05) is 6.61 Å². The molecule has 0 spiro atoms. The topological polar surface area (TPSA) is 75.6 Å². The van der Waals surface area contributed by atoms with E-state index < -0.39 is 30.1 Å². The molecule has 20 heavy (non-hydrogen) atoms. The summed E-state index contributed by atoms with van der Waals surface area (Å²) in [7, 11) is 0. The fourth-order valence-electron chi connectivity index (χ4n) is 1.66. The van der Waals surface area contributed by atoms with Crippen LogP contribution in [0.25, 0.3) is 0 Å². The van der Waals surface area contributed by atoms with E-state index in [2.05, 4.69) is 5.32 Å². The lowest BCUT2D eigenvalue weighted by Crippen LogP contribution is -2.45. The maximum absolute atomic E-state index is 11.7. The first kappa shape index (κ1) is 16.2. The first-order chi connectivity index (χ1) is 9.31. The zero-order valence-electron chi connectivity index (χ0n) is 12.1. The van der Waals surface area contributed by atoms with Gasteiger partial charge >= 0.3 is 6.09 Å². The lowest BCUT2D eigenvalue weighted by atomic mass is 10.0. The number of benzene rings is 1. The molecule has 0 fully saturated rings. The van der Waals surface area contributed by atoms with Crippen molar-refractivity contribution in [1.82, 2.24) is 5.32 Å². The number of rotatable bonds is 5. The molecule has 0 bridgehead atoms. The molecule has 0 aliphatic carbocycles. The van der Waals surface area contributed by atoms with Gasteiger partial charge in [-0.3, -0.25) is 4.79 Å². The maximum Gasteiger partial charge on any atom is 0.408 e. The minimum absolute atomic E-state index is 0.319. The average molecular weight is 279 g/mol. The summed E-state index contributed by atoms with van der Waals surface area (Å²) in [6.07, 6.45) is -0.348. The zero-order chi connectivity index (χ0) is 15.2. The van der Waals surface area contributed by atoms with Crippen molar-refractivity contribution < 1.29 is 19.4 Å². The Kier molecular flexibility index (Phi) is 5.70. The Hall–Kier alpha value is -1.88. The molecular weight excluding hydrogens is 258 g/mol. The third-order valence-corrected chi connectivity index (χ3v) is 2.52. The second kappa shape index (κ2) is 7.05. The van der Waals surface area contributed by atoms with E-state index in [1.807, 2.05) is 30.3 Å². The fraction of sp³-hybridized carbons (Fsp3) is 0.467. The number of hydrogen-bond donors (Lipinski definition) is 2. The van der Waals surface area contributed by atoms with E-state index in [-0.39, 0.29) is 0 Å². The van der Waals surface area contributed by atoms with Gasteiger partial charge in [-0.1, -0.05) is 30.3 Å². The van der Waals surface area contributed by atoms with Gasteiger partial charge in [0.1, 0.15) is 12.2 Å². The molecule has 1 rings (SSSR count). The van der Waals surface area contributed by atoms with Crippen molar-refractivity contribution in [3.63, 3.8) is 0 Å². The summed E-state index contributed by atoms with van der Waals surface area (Å²) < 4.78 is 5.12. The number of carbonyl (C=O) groups excluding carboxylic acids is 2. The van der Waals surface area contributed by atoms with Gasteiger partial charge in [-0.2, -0.15) is 0 Å². The van der Waals surface area contributed by atoms with Gasteiger partial charge in [-0.05, 0) is 32.8 Å². The van der Waals surface area contributed by atoms with Crippen molar-refractivity contribution in [3.8, 4) is 0 Å². The van der Waals surface area contributed by atoms with Crippen LogP contribution in [0.2, 0.25) is 0 Å². The highest BCUT2D eigenvalue weighted by Crippen LogP contribution is 2.08. The SMILES string of the molecule is CC(C)(C)OC(=O)N[C@H](Cc1ccccc1)C(=O)CO. The van der Waals surface area contributed by atoms with E-state index in [9.17, 15) is 9.59 Å². The molecule has 0 unspecified atom stereocenters. The Morgan fingerprint density at radius 3 is 2.35 bits per heavy atom. The molecular formula is C15H21NO4. The van der Waals surface area contributed by atoms with Crippen LogP contribution in [0.1, 0.15) is 26.3 Å². The summed E-state index contributed by atoms with van der Waals surface area (Å²) in [6, 6.07) is 8.49. The van der Waals surface area contributed by atoms with Gasteiger partial charge in [0, 0.05) is 0 Å². The average Bonchev–Trinajstić information content (AvgIpc) is 2.36. The Morgan fingerprint density at radius 2 is 1.85 bits per heavy atom. The van der Waals surface area contributed by atoms with Crippen molar-refractivity contribution in [2.24, 2.45) is 0 Å². The lowest BCUT2D eigenvalue weighted by molar-refractivity contribution is -0.123. The van der Waals surface area contributed by atoms with E-state index in [0.717, 1.165) is 5.56 Å². The molecule has 0 saturated carbocycles. The summed E-state index contributed by atoms with van der Waals surface area (Å²) in [5, 5.41) is 11.5. The smallest absolute Gasteiger partial charge is 0.408 e. The number of amides is 1. The zero-order valence-corrected chi connectivity index (χ0v) is 12.1. The van der Waals surface area contributed by atoms with Gasteiger partial charge in [0.05, 0.1) is 6.04 Å². The minimum atomic E-state index is -0.794. The highest BCUT2D eigenvalue weighted by atomic mass is 16.6. The lowest BCUT2D eigenvalue weighted by Gasteiger charge is -2.22. The van der Waals surface area contributed by atoms with E-state index in [1.54, 1.807) is 20.8 Å². The predicted octanol–water partition coefficient (Wildman–Crippen LogP) is 1.68. The number of Topliss-reactive ketones (excluding diaryl/α,β-unsaturated/α-hetero) is 1. The summed E-state index contributed by atoms with van der Waals surface area (Å²) >= 11 is 0. The number of nitrogens with one attached hydrogen (secondary N) is 1. The van der Waals surface area contributed by atoms with E-state index >= 15 is 0 Å².